The molecule has 1 aliphatic carbocycles. The number of alkyl halides is 3. The van der Waals surface area contributed by atoms with Crippen molar-refractivity contribution in [2.24, 2.45) is 11.8 Å². The summed E-state index contributed by atoms with van der Waals surface area (Å²) in [6.45, 7) is 1.99. The minimum atomic E-state index is -4.59. The van der Waals surface area contributed by atoms with Crippen molar-refractivity contribution in [1.82, 2.24) is 0 Å². The number of aryl methyl sites for hydroxylation is 1. The van der Waals surface area contributed by atoms with Gasteiger partial charge in [-0.25, -0.2) is 4.39 Å². The van der Waals surface area contributed by atoms with Crippen LogP contribution >= 0.6 is 0 Å². The second-order valence-corrected chi connectivity index (χ2v) is 5.65. The highest BCUT2D eigenvalue weighted by Gasteiger charge is 2.30. The highest BCUT2D eigenvalue weighted by molar-refractivity contribution is 5.53. The number of hydrogen-bond acceptors (Lipinski definition) is 2. The monoisotopic (exact) mass is 332 g/mol. The second-order valence-electron chi connectivity index (χ2n) is 5.65. The van der Waals surface area contributed by atoms with Crippen LogP contribution in [0.4, 0.5) is 17.6 Å². The summed E-state index contributed by atoms with van der Waals surface area (Å²) in [6, 6.07) is 7.09. The number of carbonyl (C=O) groups excluding carboxylic acids is 1. The number of aldehydes is 1. The molecule has 0 atom stereocenters. The maximum Gasteiger partial charge on any atom is 0.412 e. The van der Waals surface area contributed by atoms with Crippen LogP contribution in [0.15, 0.2) is 36.2 Å². The predicted molar refractivity (Wildman–Crippen MR) is 79.6 cm³/mol. The molecule has 0 spiro atoms. The summed E-state index contributed by atoms with van der Waals surface area (Å²) in [5, 5.41) is 8.76. The number of rotatable bonds is 2. The minimum Gasteiger partial charge on any atom is -0.508 e. The third-order valence-electron chi connectivity index (χ3n) is 3.69. The Bertz CT molecular complexity index is 491. The first kappa shape index (κ1) is 19.2. The largest absolute Gasteiger partial charge is 0.508 e. The van der Waals surface area contributed by atoms with Crippen LogP contribution in [0.1, 0.15) is 31.2 Å². The van der Waals surface area contributed by atoms with Crippen LogP contribution in [0.25, 0.3) is 0 Å². The molecule has 1 saturated carbocycles. The molecule has 0 heterocycles. The van der Waals surface area contributed by atoms with Crippen molar-refractivity contribution >= 4 is 6.29 Å². The van der Waals surface area contributed by atoms with E-state index in [1.54, 1.807) is 12.1 Å². The number of hydrogen-bond donors (Lipinski definition) is 1. The number of carbonyl (C=O) groups is 1. The van der Waals surface area contributed by atoms with Crippen LogP contribution in [0, 0.1) is 18.8 Å². The molecule has 6 heteroatoms. The van der Waals surface area contributed by atoms with E-state index >= 15 is 0 Å². The first-order chi connectivity index (χ1) is 10.7. The number of benzene rings is 1. The summed E-state index contributed by atoms with van der Waals surface area (Å²) in [7, 11) is 0. The summed E-state index contributed by atoms with van der Waals surface area (Å²) in [6.07, 6.45) is -2.48. The molecular weight excluding hydrogens is 312 g/mol. The third kappa shape index (κ3) is 7.81. The van der Waals surface area contributed by atoms with Gasteiger partial charge in [0.15, 0.2) is 0 Å². The van der Waals surface area contributed by atoms with Gasteiger partial charge in [-0.3, -0.25) is 0 Å². The van der Waals surface area contributed by atoms with Crippen molar-refractivity contribution in [3.8, 4) is 5.75 Å². The third-order valence-corrected chi connectivity index (χ3v) is 3.69. The molecule has 0 unspecified atom stereocenters. The maximum absolute atomic E-state index is 13.1. The number of halogens is 4. The first-order valence-corrected chi connectivity index (χ1v) is 7.37. The van der Waals surface area contributed by atoms with Gasteiger partial charge in [0, 0.05) is 11.8 Å². The molecule has 0 saturated heterocycles. The average Bonchev–Trinajstić information content (AvgIpc) is 2.49. The topological polar surface area (TPSA) is 37.3 Å². The number of allylic oxidation sites excluding steroid dienone is 2. The van der Waals surface area contributed by atoms with Gasteiger partial charge in [0.25, 0.3) is 0 Å². The van der Waals surface area contributed by atoms with Crippen molar-refractivity contribution in [2.75, 3.05) is 0 Å². The van der Waals surface area contributed by atoms with E-state index in [0.717, 1.165) is 6.29 Å². The molecule has 0 aromatic heterocycles. The van der Waals surface area contributed by atoms with Crippen LogP contribution in [-0.2, 0) is 4.79 Å². The fraction of sp³-hybridized carbons (Fsp3) is 0.471. The van der Waals surface area contributed by atoms with Gasteiger partial charge in [-0.2, -0.15) is 13.2 Å². The lowest BCUT2D eigenvalue weighted by molar-refractivity contribution is -0.112. The quantitative estimate of drug-likeness (QED) is 0.604. The van der Waals surface area contributed by atoms with E-state index in [1.165, 1.54) is 5.56 Å². The van der Waals surface area contributed by atoms with Crippen molar-refractivity contribution < 1.29 is 27.5 Å². The van der Waals surface area contributed by atoms with Crippen molar-refractivity contribution in [3.63, 3.8) is 0 Å². The molecule has 1 aromatic carbocycles. The molecule has 2 nitrogen and oxygen atoms in total. The van der Waals surface area contributed by atoms with Crippen LogP contribution in [-0.4, -0.2) is 17.6 Å². The SMILES string of the molecule is Cc1ccc(O)cc1.O=CC1CCC(/C(F)=C\C(F)(F)F)CC1. The zero-order valence-electron chi connectivity index (χ0n) is 12.8. The Hall–Kier alpha value is -1.85. The standard InChI is InChI=1S/C10H12F4O.C7H8O/c11-9(5-10(12,13)14)8-3-1-7(6-15)2-4-8;1-6-2-4-7(8)5-3-6/h5-8H,1-4H2;2-5,8H,1H3/b9-5+;. The Morgan fingerprint density at radius 3 is 2.04 bits per heavy atom. The van der Waals surface area contributed by atoms with Gasteiger partial charge in [-0.05, 0) is 44.7 Å². The lowest BCUT2D eigenvalue weighted by atomic mass is 9.82. The summed E-state index contributed by atoms with van der Waals surface area (Å²) in [5.74, 6) is -1.55. The van der Waals surface area contributed by atoms with Crippen LogP contribution < -0.4 is 0 Å². The Kier molecular flexibility index (Phi) is 7.26. The number of phenolic OH excluding ortho intramolecular Hbond substituents is 1. The smallest absolute Gasteiger partial charge is 0.412 e. The van der Waals surface area contributed by atoms with Crippen molar-refractivity contribution in [1.29, 1.82) is 0 Å². The number of phenols is 1. The predicted octanol–water partition coefficient (Wildman–Crippen LogP) is 5.11. The molecule has 0 amide bonds. The highest BCUT2D eigenvalue weighted by Crippen LogP contribution is 2.34. The van der Waals surface area contributed by atoms with E-state index in [2.05, 4.69) is 0 Å². The normalized spacial score (nSPS) is 22.0. The van der Waals surface area contributed by atoms with E-state index < -0.39 is 17.9 Å². The molecule has 23 heavy (non-hydrogen) atoms. The van der Waals surface area contributed by atoms with E-state index in [4.69, 9.17) is 5.11 Å². The Balaban J connectivity index is 0.000000277. The average molecular weight is 332 g/mol. The van der Waals surface area contributed by atoms with Crippen molar-refractivity contribution in [2.45, 2.75) is 38.8 Å². The molecule has 2 rings (SSSR count). The van der Waals surface area contributed by atoms with Crippen LogP contribution in [0.2, 0.25) is 0 Å². The first-order valence-electron chi connectivity index (χ1n) is 7.37. The molecule has 0 bridgehead atoms. The van der Waals surface area contributed by atoms with Gasteiger partial charge < -0.3 is 9.90 Å². The molecule has 128 valence electrons. The van der Waals surface area contributed by atoms with E-state index in [1.807, 2.05) is 19.1 Å². The summed E-state index contributed by atoms with van der Waals surface area (Å²) in [5.41, 5.74) is 1.17. The van der Waals surface area contributed by atoms with E-state index in [-0.39, 0.29) is 12.0 Å². The summed E-state index contributed by atoms with van der Waals surface area (Å²) in [4.78, 5) is 10.4. The maximum atomic E-state index is 13.1. The summed E-state index contributed by atoms with van der Waals surface area (Å²) >= 11 is 0. The van der Waals surface area contributed by atoms with Crippen molar-refractivity contribution in [3.05, 3.63) is 41.7 Å². The van der Waals surface area contributed by atoms with Crippen LogP contribution in [0.5, 0.6) is 5.75 Å². The molecule has 0 aliphatic heterocycles. The molecule has 1 aliphatic rings. The minimum absolute atomic E-state index is 0.111. The zero-order chi connectivity index (χ0) is 17.5. The van der Waals surface area contributed by atoms with Gasteiger partial charge >= 0.3 is 6.18 Å². The lowest BCUT2D eigenvalue weighted by Gasteiger charge is -2.24. The molecule has 1 N–H and O–H groups in total. The number of aromatic hydroxyl groups is 1. The lowest BCUT2D eigenvalue weighted by Crippen LogP contribution is -2.17. The van der Waals surface area contributed by atoms with Gasteiger partial charge in [0.1, 0.15) is 17.9 Å². The van der Waals surface area contributed by atoms with Gasteiger partial charge in [0.05, 0.1) is 6.08 Å². The summed E-state index contributed by atoms with van der Waals surface area (Å²) < 4.78 is 48.6. The zero-order valence-corrected chi connectivity index (χ0v) is 12.8. The fourth-order valence-corrected chi connectivity index (χ4v) is 2.35. The molecular formula is C17H20F4O2. The highest BCUT2D eigenvalue weighted by atomic mass is 19.4. The van der Waals surface area contributed by atoms with Gasteiger partial charge in [-0.1, -0.05) is 17.7 Å². The Labute approximate surface area is 132 Å². The molecule has 1 aromatic rings. The fourth-order valence-electron chi connectivity index (χ4n) is 2.35. The van der Waals surface area contributed by atoms with Gasteiger partial charge in [-0.15, -0.1) is 0 Å². The Morgan fingerprint density at radius 1 is 1.13 bits per heavy atom. The van der Waals surface area contributed by atoms with Crippen LogP contribution in [0.3, 0.4) is 0 Å². The molecule has 0 radical (unpaired) electrons. The molecule has 1 fully saturated rings. The van der Waals surface area contributed by atoms with Gasteiger partial charge in [0.2, 0.25) is 0 Å². The Morgan fingerprint density at radius 2 is 1.65 bits per heavy atom. The second kappa shape index (κ2) is 8.70. The van der Waals surface area contributed by atoms with E-state index in [0.29, 0.717) is 31.4 Å². The van der Waals surface area contributed by atoms with E-state index in [9.17, 15) is 22.4 Å².